The summed E-state index contributed by atoms with van der Waals surface area (Å²) in [6.07, 6.45) is 3.03. The molecule has 1 heterocycles. The monoisotopic (exact) mass is 387 g/mol. The van der Waals surface area contributed by atoms with Gasteiger partial charge in [0.25, 0.3) is 10.0 Å². The van der Waals surface area contributed by atoms with Gasteiger partial charge in [-0.1, -0.05) is 6.07 Å². The Balaban J connectivity index is 1.89. The summed E-state index contributed by atoms with van der Waals surface area (Å²) in [5.41, 5.74) is 7.44. The molecule has 0 spiro atoms. The Labute approximate surface area is 135 Å². The van der Waals surface area contributed by atoms with Crippen molar-refractivity contribution in [2.45, 2.75) is 30.7 Å². The van der Waals surface area contributed by atoms with Crippen molar-refractivity contribution in [1.29, 1.82) is 0 Å². The van der Waals surface area contributed by atoms with Gasteiger partial charge in [0, 0.05) is 15.9 Å². The number of hydrogen-bond acceptors (Lipinski definition) is 5. The summed E-state index contributed by atoms with van der Waals surface area (Å²) in [5.74, 6) is 0. The molecule has 8 heteroatoms. The molecule has 1 aromatic heterocycles. The van der Waals surface area contributed by atoms with Gasteiger partial charge in [-0.3, -0.25) is 4.72 Å². The number of nitrogens with one attached hydrogen (secondary N) is 1. The third kappa shape index (κ3) is 2.98. The fourth-order valence-electron chi connectivity index (χ4n) is 2.29. The van der Waals surface area contributed by atoms with Crippen LogP contribution in [0.2, 0.25) is 0 Å². The van der Waals surface area contributed by atoms with Gasteiger partial charge in [0.05, 0.1) is 5.69 Å². The summed E-state index contributed by atoms with van der Waals surface area (Å²) >= 11 is 4.71. The lowest BCUT2D eigenvalue weighted by Crippen LogP contribution is -2.14. The molecule has 1 aliphatic carbocycles. The van der Waals surface area contributed by atoms with Crippen molar-refractivity contribution in [3.8, 4) is 0 Å². The second-order valence-electron chi connectivity index (χ2n) is 4.82. The highest BCUT2D eigenvalue weighted by molar-refractivity contribution is 9.10. The summed E-state index contributed by atoms with van der Waals surface area (Å²) in [5, 5.41) is 0.439. The Morgan fingerprint density at radius 1 is 1.38 bits per heavy atom. The molecule has 1 aliphatic rings. The van der Waals surface area contributed by atoms with Crippen LogP contribution in [0.5, 0.6) is 0 Å². The van der Waals surface area contributed by atoms with Crippen molar-refractivity contribution < 1.29 is 8.42 Å². The lowest BCUT2D eigenvalue weighted by atomic mass is 10.2. The second kappa shape index (κ2) is 5.68. The lowest BCUT2D eigenvalue weighted by molar-refractivity contribution is 0.600. The van der Waals surface area contributed by atoms with E-state index in [2.05, 4.69) is 25.6 Å². The van der Waals surface area contributed by atoms with Gasteiger partial charge in [-0.15, -0.1) is 11.3 Å². The van der Waals surface area contributed by atoms with Crippen LogP contribution in [0.3, 0.4) is 0 Å². The van der Waals surface area contributed by atoms with Crippen molar-refractivity contribution in [3.63, 3.8) is 0 Å². The maximum absolute atomic E-state index is 12.4. The number of benzene rings is 1. The van der Waals surface area contributed by atoms with Crippen molar-refractivity contribution in [1.82, 2.24) is 4.98 Å². The van der Waals surface area contributed by atoms with Crippen molar-refractivity contribution in [2.24, 2.45) is 5.73 Å². The first kappa shape index (κ1) is 15.0. The van der Waals surface area contributed by atoms with E-state index in [0.29, 0.717) is 16.1 Å². The van der Waals surface area contributed by atoms with E-state index in [0.717, 1.165) is 30.5 Å². The number of thiazole rings is 1. The smallest absolute Gasteiger partial charge is 0.264 e. The summed E-state index contributed by atoms with van der Waals surface area (Å²) in [4.78, 5) is 5.73. The summed E-state index contributed by atoms with van der Waals surface area (Å²) in [7, 11) is -3.65. The highest BCUT2D eigenvalue weighted by Crippen LogP contribution is 2.32. The van der Waals surface area contributed by atoms with E-state index in [1.54, 1.807) is 18.2 Å². The number of aromatic nitrogens is 1. The van der Waals surface area contributed by atoms with Gasteiger partial charge in [0.1, 0.15) is 4.90 Å². The number of nitrogens with zero attached hydrogens (tertiary/aromatic N) is 1. The van der Waals surface area contributed by atoms with Crippen LogP contribution < -0.4 is 10.5 Å². The molecule has 21 heavy (non-hydrogen) atoms. The Hall–Kier alpha value is -0.960. The zero-order valence-electron chi connectivity index (χ0n) is 11.1. The molecule has 0 unspecified atom stereocenters. The molecule has 0 fully saturated rings. The predicted octanol–water partition coefficient (Wildman–Crippen LogP) is 2.65. The first-order chi connectivity index (χ1) is 9.99. The summed E-state index contributed by atoms with van der Waals surface area (Å²) in [6.45, 7) is 0.367. The zero-order valence-corrected chi connectivity index (χ0v) is 14.3. The SMILES string of the molecule is NCc1ccc(S(=O)(=O)Nc2nc3c(s2)CCC3)c(Br)c1. The summed E-state index contributed by atoms with van der Waals surface area (Å²) in [6, 6.07) is 4.98. The fraction of sp³-hybridized carbons (Fsp3) is 0.308. The third-order valence-electron chi connectivity index (χ3n) is 3.34. The minimum atomic E-state index is -3.65. The maximum Gasteiger partial charge on any atom is 0.264 e. The number of sulfonamides is 1. The Kier molecular flexibility index (Phi) is 4.04. The van der Waals surface area contributed by atoms with E-state index in [-0.39, 0.29) is 4.90 Å². The minimum absolute atomic E-state index is 0.190. The average molecular weight is 388 g/mol. The second-order valence-corrected chi connectivity index (χ2v) is 8.41. The zero-order chi connectivity index (χ0) is 15.0. The topological polar surface area (TPSA) is 85.1 Å². The number of aryl methyl sites for hydroxylation is 2. The van der Waals surface area contributed by atoms with Gasteiger partial charge in [0.15, 0.2) is 5.13 Å². The molecule has 112 valence electrons. The predicted molar refractivity (Wildman–Crippen MR) is 87.0 cm³/mol. The van der Waals surface area contributed by atoms with Crippen molar-refractivity contribution in [2.75, 3.05) is 4.72 Å². The molecule has 5 nitrogen and oxygen atoms in total. The van der Waals surface area contributed by atoms with Gasteiger partial charge in [-0.2, -0.15) is 0 Å². The van der Waals surface area contributed by atoms with Crippen LogP contribution in [-0.4, -0.2) is 13.4 Å². The molecule has 3 N–H and O–H groups in total. The quantitative estimate of drug-likeness (QED) is 0.844. The van der Waals surface area contributed by atoms with Crippen LogP contribution >= 0.6 is 27.3 Å². The van der Waals surface area contributed by atoms with Crippen molar-refractivity contribution in [3.05, 3.63) is 38.8 Å². The number of fused-ring (bicyclic) bond motifs is 1. The average Bonchev–Trinajstić information content (AvgIpc) is 2.98. The van der Waals surface area contributed by atoms with E-state index in [1.165, 1.54) is 16.2 Å². The van der Waals surface area contributed by atoms with Crippen LogP contribution in [-0.2, 0) is 29.4 Å². The molecule has 0 amide bonds. The lowest BCUT2D eigenvalue weighted by Gasteiger charge is -2.08. The molecule has 0 atom stereocenters. The molecule has 0 saturated heterocycles. The highest BCUT2D eigenvalue weighted by Gasteiger charge is 2.22. The molecule has 0 aliphatic heterocycles. The fourth-order valence-corrected chi connectivity index (χ4v) is 5.70. The largest absolute Gasteiger partial charge is 0.326 e. The van der Waals surface area contributed by atoms with E-state index in [4.69, 9.17) is 5.73 Å². The van der Waals surface area contributed by atoms with Gasteiger partial charge >= 0.3 is 0 Å². The molecule has 1 aromatic carbocycles. The molecule has 0 bridgehead atoms. The van der Waals surface area contributed by atoms with Gasteiger partial charge in [-0.25, -0.2) is 13.4 Å². The van der Waals surface area contributed by atoms with Crippen LogP contribution in [0.1, 0.15) is 22.6 Å². The normalized spacial score (nSPS) is 14.2. The number of halogens is 1. The van der Waals surface area contributed by atoms with E-state index >= 15 is 0 Å². The molecular weight excluding hydrogens is 374 g/mol. The van der Waals surface area contributed by atoms with E-state index in [9.17, 15) is 8.42 Å². The molecule has 0 radical (unpaired) electrons. The number of hydrogen-bond donors (Lipinski definition) is 2. The maximum atomic E-state index is 12.4. The first-order valence-corrected chi connectivity index (χ1v) is 9.59. The van der Waals surface area contributed by atoms with E-state index < -0.39 is 10.0 Å². The molecular formula is C13H14BrN3O2S2. The third-order valence-corrected chi connectivity index (χ3v) is 6.86. The van der Waals surface area contributed by atoms with Gasteiger partial charge in [0.2, 0.25) is 0 Å². The van der Waals surface area contributed by atoms with E-state index in [1.807, 2.05) is 0 Å². The van der Waals surface area contributed by atoms with Crippen LogP contribution in [0.4, 0.5) is 5.13 Å². The molecule has 3 rings (SSSR count). The number of anilines is 1. The molecule has 2 aromatic rings. The Morgan fingerprint density at radius 3 is 2.86 bits per heavy atom. The van der Waals surface area contributed by atoms with Crippen LogP contribution in [0, 0.1) is 0 Å². The highest BCUT2D eigenvalue weighted by atomic mass is 79.9. The van der Waals surface area contributed by atoms with Gasteiger partial charge in [-0.05, 0) is 52.9 Å². The van der Waals surface area contributed by atoms with Crippen LogP contribution in [0.15, 0.2) is 27.6 Å². The van der Waals surface area contributed by atoms with Crippen molar-refractivity contribution >= 4 is 42.4 Å². The van der Waals surface area contributed by atoms with Crippen LogP contribution in [0.25, 0.3) is 0 Å². The van der Waals surface area contributed by atoms with Gasteiger partial charge < -0.3 is 5.73 Å². The number of nitrogens with two attached hydrogens (primary N) is 1. The number of rotatable bonds is 4. The summed E-state index contributed by atoms with van der Waals surface area (Å²) < 4.78 is 27.9. The molecule has 0 saturated carbocycles. The Morgan fingerprint density at radius 2 is 2.19 bits per heavy atom. The Bertz CT molecular complexity index is 765. The standard InChI is InChI=1S/C13H14BrN3O2S2/c14-9-6-8(7-15)4-5-12(9)21(18,19)17-13-16-10-2-1-3-11(10)20-13/h4-6H,1-3,7,15H2,(H,16,17). The minimum Gasteiger partial charge on any atom is -0.326 e. The first-order valence-electron chi connectivity index (χ1n) is 6.49.